The van der Waals surface area contributed by atoms with Crippen molar-refractivity contribution in [3.8, 4) is 0 Å². The summed E-state index contributed by atoms with van der Waals surface area (Å²) in [6.45, 7) is 5.50. The first-order valence-electron chi connectivity index (χ1n) is 7.38. The standard InChI is InChI=1S/C16H21N5O/c1-12(2)5-7-18-15(22)14-10-20-16(21-11-14)19-9-13-4-3-6-17-8-13/h3-4,6,8,10-12H,5,7,9H2,1-2H3,(H,18,22)(H,19,20,21). The molecule has 2 rings (SSSR count). The Kier molecular flexibility index (Phi) is 5.82. The van der Waals surface area contributed by atoms with Crippen molar-refractivity contribution in [3.63, 3.8) is 0 Å². The molecule has 0 atom stereocenters. The van der Waals surface area contributed by atoms with Gasteiger partial charge in [-0.05, 0) is 24.0 Å². The molecule has 0 saturated heterocycles. The van der Waals surface area contributed by atoms with Gasteiger partial charge in [-0.15, -0.1) is 0 Å². The number of rotatable bonds is 7. The molecule has 0 aromatic carbocycles. The van der Waals surface area contributed by atoms with Gasteiger partial charge < -0.3 is 10.6 Å². The van der Waals surface area contributed by atoms with Crippen molar-refractivity contribution in [2.45, 2.75) is 26.8 Å². The number of amides is 1. The Bertz CT molecular complexity index is 583. The van der Waals surface area contributed by atoms with Gasteiger partial charge in [-0.2, -0.15) is 0 Å². The van der Waals surface area contributed by atoms with Gasteiger partial charge in [-0.3, -0.25) is 9.78 Å². The van der Waals surface area contributed by atoms with Crippen LogP contribution in [0.4, 0.5) is 5.95 Å². The molecule has 0 fully saturated rings. The zero-order chi connectivity index (χ0) is 15.8. The van der Waals surface area contributed by atoms with E-state index in [9.17, 15) is 4.79 Å². The molecule has 2 heterocycles. The Morgan fingerprint density at radius 3 is 2.64 bits per heavy atom. The van der Waals surface area contributed by atoms with Crippen molar-refractivity contribution in [1.29, 1.82) is 0 Å². The lowest BCUT2D eigenvalue weighted by atomic mass is 10.1. The SMILES string of the molecule is CC(C)CCNC(=O)c1cnc(NCc2cccnc2)nc1. The molecular formula is C16H21N5O. The number of nitrogens with one attached hydrogen (secondary N) is 2. The summed E-state index contributed by atoms with van der Waals surface area (Å²) >= 11 is 0. The smallest absolute Gasteiger partial charge is 0.254 e. The molecule has 0 radical (unpaired) electrons. The van der Waals surface area contributed by atoms with Gasteiger partial charge in [0.1, 0.15) is 0 Å². The second-order valence-corrected chi connectivity index (χ2v) is 5.45. The number of hydrogen-bond donors (Lipinski definition) is 2. The van der Waals surface area contributed by atoms with Crippen molar-refractivity contribution >= 4 is 11.9 Å². The zero-order valence-corrected chi connectivity index (χ0v) is 12.9. The van der Waals surface area contributed by atoms with Crippen LogP contribution in [0.2, 0.25) is 0 Å². The molecule has 2 aromatic rings. The van der Waals surface area contributed by atoms with Crippen LogP contribution < -0.4 is 10.6 Å². The highest BCUT2D eigenvalue weighted by atomic mass is 16.1. The van der Waals surface area contributed by atoms with Crippen LogP contribution in [0.25, 0.3) is 0 Å². The number of carbonyl (C=O) groups is 1. The molecule has 0 saturated carbocycles. The van der Waals surface area contributed by atoms with Crippen LogP contribution in [0, 0.1) is 5.92 Å². The monoisotopic (exact) mass is 299 g/mol. The van der Waals surface area contributed by atoms with E-state index in [1.165, 1.54) is 12.4 Å². The summed E-state index contributed by atoms with van der Waals surface area (Å²) in [7, 11) is 0. The molecular weight excluding hydrogens is 278 g/mol. The molecule has 0 aliphatic rings. The highest BCUT2D eigenvalue weighted by Crippen LogP contribution is 2.04. The lowest BCUT2D eigenvalue weighted by Crippen LogP contribution is -2.25. The van der Waals surface area contributed by atoms with Gasteiger partial charge in [0.15, 0.2) is 0 Å². The molecule has 116 valence electrons. The highest BCUT2D eigenvalue weighted by molar-refractivity contribution is 5.93. The van der Waals surface area contributed by atoms with Crippen molar-refractivity contribution in [1.82, 2.24) is 20.3 Å². The van der Waals surface area contributed by atoms with E-state index < -0.39 is 0 Å². The first kappa shape index (κ1) is 15.9. The van der Waals surface area contributed by atoms with Crippen LogP contribution in [0.3, 0.4) is 0 Å². The summed E-state index contributed by atoms with van der Waals surface area (Å²) in [5.74, 6) is 0.914. The van der Waals surface area contributed by atoms with Crippen molar-refractivity contribution in [2.24, 2.45) is 5.92 Å². The van der Waals surface area contributed by atoms with Gasteiger partial charge in [0.2, 0.25) is 5.95 Å². The number of anilines is 1. The van der Waals surface area contributed by atoms with E-state index in [0.29, 0.717) is 30.5 Å². The quantitative estimate of drug-likeness (QED) is 0.819. The molecule has 0 aliphatic heterocycles. The molecule has 0 bridgehead atoms. The first-order valence-corrected chi connectivity index (χ1v) is 7.38. The Balaban J connectivity index is 1.83. The maximum absolute atomic E-state index is 11.9. The van der Waals surface area contributed by atoms with Gasteiger partial charge in [-0.25, -0.2) is 9.97 Å². The predicted molar refractivity (Wildman–Crippen MR) is 85.4 cm³/mol. The number of carbonyl (C=O) groups excluding carboxylic acids is 1. The first-order chi connectivity index (χ1) is 10.6. The van der Waals surface area contributed by atoms with Crippen LogP contribution in [0.15, 0.2) is 36.9 Å². The normalized spacial score (nSPS) is 10.5. The summed E-state index contributed by atoms with van der Waals surface area (Å²) in [6.07, 6.45) is 7.53. The highest BCUT2D eigenvalue weighted by Gasteiger charge is 2.07. The summed E-state index contributed by atoms with van der Waals surface area (Å²) in [5, 5.41) is 5.95. The van der Waals surface area contributed by atoms with E-state index in [2.05, 4.69) is 39.4 Å². The lowest BCUT2D eigenvalue weighted by Gasteiger charge is -2.08. The summed E-state index contributed by atoms with van der Waals surface area (Å²) < 4.78 is 0. The molecule has 2 N–H and O–H groups in total. The van der Waals surface area contributed by atoms with Crippen molar-refractivity contribution in [3.05, 3.63) is 48.0 Å². The van der Waals surface area contributed by atoms with E-state index in [-0.39, 0.29) is 5.91 Å². The number of aromatic nitrogens is 3. The summed E-state index contributed by atoms with van der Waals surface area (Å²) in [6, 6.07) is 3.85. The molecule has 6 heteroatoms. The predicted octanol–water partition coefficient (Wildman–Crippen LogP) is 2.26. The van der Waals surface area contributed by atoms with Gasteiger partial charge in [0.25, 0.3) is 5.91 Å². The second kappa shape index (κ2) is 8.07. The van der Waals surface area contributed by atoms with Gasteiger partial charge in [0, 0.05) is 37.9 Å². The maximum Gasteiger partial charge on any atom is 0.254 e. The Labute approximate surface area is 130 Å². The summed E-state index contributed by atoms with van der Waals surface area (Å²) in [5.41, 5.74) is 1.51. The fourth-order valence-electron chi connectivity index (χ4n) is 1.80. The molecule has 0 spiro atoms. The van der Waals surface area contributed by atoms with E-state index in [1.54, 1.807) is 12.4 Å². The largest absolute Gasteiger partial charge is 0.352 e. The lowest BCUT2D eigenvalue weighted by molar-refractivity contribution is 0.0951. The fourth-order valence-corrected chi connectivity index (χ4v) is 1.80. The Morgan fingerprint density at radius 1 is 1.23 bits per heavy atom. The van der Waals surface area contributed by atoms with E-state index in [4.69, 9.17) is 0 Å². The van der Waals surface area contributed by atoms with Gasteiger partial charge >= 0.3 is 0 Å². The number of pyridine rings is 1. The fraction of sp³-hybridized carbons (Fsp3) is 0.375. The average molecular weight is 299 g/mol. The summed E-state index contributed by atoms with van der Waals surface area (Å²) in [4.78, 5) is 24.2. The second-order valence-electron chi connectivity index (χ2n) is 5.45. The molecule has 6 nitrogen and oxygen atoms in total. The topological polar surface area (TPSA) is 79.8 Å². The van der Waals surface area contributed by atoms with E-state index in [0.717, 1.165) is 12.0 Å². The third-order valence-corrected chi connectivity index (χ3v) is 3.09. The third kappa shape index (κ3) is 5.12. The van der Waals surface area contributed by atoms with E-state index in [1.807, 2.05) is 12.1 Å². The Hall–Kier alpha value is -2.50. The third-order valence-electron chi connectivity index (χ3n) is 3.09. The van der Waals surface area contributed by atoms with Crippen LogP contribution in [-0.4, -0.2) is 27.4 Å². The van der Waals surface area contributed by atoms with Crippen molar-refractivity contribution < 1.29 is 4.79 Å². The maximum atomic E-state index is 11.9. The van der Waals surface area contributed by atoms with Crippen LogP contribution in [0.1, 0.15) is 36.2 Å². The molecule has 2 aromatic heterocycles. The minimum atomic E-state index is -0.139. The van der Waals surface area contributed by atoms with E-state index >= 15 is 0 Å². The molecule has 22 heavy (non-hydrogen) atoms. The van der Waals surface area contributed by atoms with Crippen LogP contribution in [-0.2, 0) is 6.54 Å². The van der Waals surface area contributed by atoms with Gasteiger partial charge in [-0.1, -0.05) is 19.9 Å². The number of nitrogens with zero attached hydrogens (tertiary/aromatic N) is 3. The molecule has 0 unspecified atom stereocenters. The molecule has 1 amide bonds. The van der Waals surface area contributed by atoms with Crippen LogP contribution >= 0.6 is 0 Å². The zero-order valence-electron chi connectivity index (χ0n) is 12.9. The van der Waals surface area contributed by atoms with Crippen molar-refractivity contribution in [2.75, 3.05) is 11.9 Å². The van der Waals surface area contributed by atoms with Gasteiger partial charge in [0.05, 0.1) is 5.56 Å². The van der Waals surface area contributed by atoms with Crippen LogP contribution in [0.5, 0.6) is 0 Å². The minimum Gasteiger partial charge on any atom is -0.352 e. The Morgan fingerprint density at radius 2 is 2.00 bits per heavy atom. The average Bonchev–Trinajstić information content (AvgIpc) is 2.54. The number of hydrogen-bond acceptors (Lipinski definition) is 5. The minimum absolute atomic E-state index is 0.139. The molecule has 0 aliphatic carbocycles.